The number of oxime groups is 2. The quantitative estimate of drug-likeness (QED) is 0.226. The van der Waals surface area contributed by atoms with Gasteiger partial charge < -0.3 is 0 Å². The zero-order valence-electron chi connectivity index (χ0n) is 8.39. The highest BCUT2D eigenvalue weighted by Gasteiger charge is 2.53. The molecule has 0 bridgehead atoms. The third kappa shape index (κ3) is 1.80. The van der Waals surface area contributed by atoms with Crippen LogP contribution in [0.2, 0.25) is 0 Å². The molecule has 2 atom stereocenters. The molecule has 0 fully saturated rings. The average molecular weight is 262 g/mol. The van der Waals surface area contributed by atoms with Crippen LogP contribution in [0.1, 0.15) is 0 Å². The molecule has 0 aliphatic carbocycles. The van der Waals surface area contributed by atoms with Crippen LogP contribution in [0.5, 0.6) is 0 Å². The minimum Gasteiger partial charge on any atom is -0.292 e. The van der Waals surface area contributed by atoms with Gasteiger partial charge in [-0.25, -0.2) is 0 Å². The van der Waals surface area contributed by atoms with Crippen molar-refractivity contribution in [3.05, 3.63) is 20.2 Å². The standard InChI is InChI=1S/C4H6N8O6/c13-11(14)3(1-5-17-9-3)7-8-4(12(15)16)2-6-18-10-4/h1-2,7-10H. The topological polar surface area (TPSA) is 178 Å². The Morgan fingerprint density at radius 1 is 1.00 bits per heavy atom. The summed E-state index contributed by atoms with van der Waals surface area (Å²) < 4.78 is 0. The highest BCUT2D eigenvalue weighted by Crippen LogP contribution is 2.07. The number of nitro groups is 2. The fourth-order valence-electron chi connectivity index (χ4n) is 1.02. The normalized spacial score (nSPS) is 33.1. The molecule has 0 saturated heterocycles. The van der Waals surface area contributed by atoms with E-state index in [4.69, 9.17) is 0 Å². The number of rotatable bonds is 5. The molecule has 0 aromatic rings. The summed E-state index contributed by atoms with van der Waals surface area (Å²) in [6.07, 6.45) is 1.53. The van der Waals surface area contributed by atoms with Crippen LogP contribution in [-0.2, 0) is 9.88 Å². The fraction of sp³-hybridized carbons (Fsp3) is 0.500. The van der Waals surface area contributed by atoms with Gasteiger partial charge in [0.1, 0.15) is 0 Å². The smallest absolute Gasteiger partial charge is 0.292 e. The molecule has 18 heavy (non-hydrogen) atoms. The molecular formula is C4H6N8O6. The number of hydrogen-bond donors (Lipinski definition) is 4. The second-order valence-electron chi connectivity index (χ2n) is 3.15. The van der Waals surface area contributed by atoms with Crippen molar-refractivity contribution in [3.8, 4) is 0 Å². The first-order chi connectivity index (χ1) is 8.51. The lowest BCUT2D eigenvalue weighted by Crippen LogP contribution is -2.73. The van der Waals surface area contributed by atoms with Crippen LogP contribution in [-0.4, -0.2) is 33.8 Å². The van der Waals surface area contributed by atoms with Gasteiger partial charge in [0, 0.05) is 0 Å². The second-order valence-corrected chi connectivity index (χ2v) is 3.15. The van der Waals surface area contributed by atoms with Gasteiger partial charge in [0.05, 0.1) is 9.85 Å². The Morgan fingerprint density at radius 2 is 1.39 bits per heavy atom. The largest absolute Gasteiger partial charge is 0.417 e. The van der Waals surface area contributed by atoms with E-state index in [2.05, 4.69) is 20.2 Å². The number of hydroxylamine groups is 2. The summed E-state index contributed by atoms with van der Waals surface area (Å²) in [5.74, 6) is -4.30. The molecule has 2 aliphatic rings. The second kappa shape index (κ2) is 4.11. The van der Waals surface area contributed by atoms with Crippen molar-refractivity contribution in [3.63, 3.8) is 0 Å². The maximum Gasteiger partial charge on any atom is 0.417 e. The van der Waals surface area contributed by atoms with Gasteiger partial charge in [-0.3, -0.25) is 30.1 Å². The van der Waals surface area contributed by atoms with Gasteiger partial charge in [0.15, 0.2) is 12.4 Å². The summed E-state index contributed by atoms with van der Waals surface area (Å²) in [5.41, 5.74) is 7.94. The van der Waals surface area contributed by atoms with Crippen molar-refractivity contribution in [2.45, 2.75) is 11.6 Å². The van der Waals surface area contributed by atoms with Crippen molar-refractivity contribution < 1.29 is 19.7 Å². The van der Waals surface area contributed by atoms with Crippen LogP contribution >= 0.6 is 0 Å². The van der Waals surface area contributed by atoms with E-state index in [9.17, 15) is 20.2 Å². The van der Waals surface area contributed by atoms with Crippen LogP contribution in [0.4, 0.5) is 0 Å². The molecule has 14 nitrogen and oxygen atoms in total. The Morgan fingerprint density at radius 3 is 1.61 bits per heavy atom. The predicted molar refractivity (Wildman–Crippen MR) is 51.1 cm³/mol. The van der Waals surface area contributed by atoms with Gasteiger partial charge in [0.2, 0.25) is 0 Å². The Bertz CT molecular complexity index is 397. The fourth-order valence-corrected chi connectivity index (χ4v) is 1.02. The lowest BCUT2D eigenvalue weighted by molar-refractivity contribution is -0.592. The minimum atomic E-state index is -2.15. The van der Waals surface area contributed by atoms with Crippen LogP contribution in [0.15, 0.2) is 10.3 Å². The molecule has 0 radical (unpaired) electrons. The maximum absolute atomic E-state index is 10.8. The molecule has 2 aliphatic heterocycles. The molecule has 0 aromatic heterocycles. The molecule has 4 N–H and O–H groups in total. The summed E-state index contributed by atoms with van der Waals surface area (Å²) in [6.45, 7) is 0. The van der Waals surface area contributed by atoms with Crippen molar-refractivity contribution in [2.75, 3.05) is 0 Å². The number of nitrogens with zero attached hydrogens (tertiary/aromatic N) is 4. The first kappa shape index (κ1) is 12.0. The lowest BCUT2D eigenvalue weighted by atomic mass is 10.4. The van der Waals surface area contributed by atoms with Gasteiger partial charge >= 0.3 is 11.6 Å². The van der Waals surface area contributed by atoms with Gasteiger partial charge in [0.25, 0.3) is 0 Å². The van der Waals surface area contributed by atoms with Crippen LogP contribution in [0.25, 0.3) is 0 Å². The van der Waals surface area contributed by atoms with Crippen molar-refractivity contribution in [2.24, 2.45) is 10.3 Å². The van der Waals surface area contributed by atoms with E-state index in [1.807, 2.05) is 21.8 Å². The zero-order valence-corrected chi connectivity index (χ0v) is 8.39. The highest BCUT2D eigenvalue weighted by molar-refractivity contribution is 5.69. The van der Waals surface area contributed by atoms with Crippen LogP contribution in [0, 0.1) is 20.2 Å². The molecular weight excluding hydrogens is 256 g/mol. The van der Waals surface area contributed by atoms with E-state index in [0.29, 0.717) is 0 Å². The van der Waals surface area contributed by atoms with E-state index >= 15 is 0 Å². The van der Waals surface area contributed by atoms with Crippen molar-refractivity contribution in [1.82, 2.24) is 21.8 Å². The predicted octanol–water partition coefficient (Wildman–Crippen LogP) is -3.02. The van der Waals surface area contributed by atoms with Gasteiger partial charge in [-0.05, 0) is 11.0 Å². The SMILES string of the molecule is O=[N+]([O-])C1(NNC2([N+](=O)[O-])C=NON2)C=NON1. The molecule has 0 amide bonds. The Balaban J connectivity index is 2.10. The van der Waals surface area contributed by atoms with Crippen LogP contribution in [0.3, 0.4) is 0 Å². The summed E-state index contributed by atoms with van der Waals surface area (Å²) in [6, 6.07) is 0. The van der Waals surface area contributed by atoms with E-state index in [1.165, 1.54) is 0 Å². The van der Waals surface area contributed by atoms with Crippen molar-refractivity contribution >= 4 is 12.4 Å². The van der Waals surface area contributed by atoms with Gasteiger partial charge in [-0.1, -0.05) is 10.3 Å². The third-order valence-electron chi connectivity index (χ3n) is 2.01. The molecule has 2 rings (SSSR count). The first-order valence-electron chi connectivity index (χ1n) is 4.29. The van der Waals surface area contributed by atoms with Crippen LogP contribution < -0.4 is 21.8 Å². The molecule has 0 spiro atoms. The summed E-state index contributed by atoms with van der Waals surface area (Å²) in [4.78, 5) is 28.4. The molecule has 0 aromatic carbocycles. The minimum absolute atomic E-state index is 0.764. The summed E-state index contributed by atoms with van der Waals surface area (Å²) in [7, 11) is 0. The highest BCUT2D eigenvalue weighted by atomic mass is 16.8. The molecule has 98 valence electrons. The Hall–Kier alpha value is -2.42. The number of hydrogen-bond acceptors (Lipinski definition) is 12. The average Bonchev–Trinajstić information content (AvgIpc) is 2.97. The summed E-state index contributed by atoms with van der Waals surface area (Å²) in [5, 5.41) is 27.9. The molecule has 0 saturated carbocycles. The number of nitrogens with one attached hydrogen (secondary N) is 4. The third-order valence-corrected chi connectivity index (χ3v) is 2.01. The molecule has 14 heteroatoms. The molecule has 2 heterocycles. The van der Waals surface area contributed by atoms with E-state index in [-0.39, 0.29) is 0 Å². The first-order valence-corrected chi connectivity index (χ1v) is 4.29. The van der Waals surface area contributed by atoms with E-state index in [1.54, 1.807) is 0 Å². The number of hydrazine groups is 1. The van der Waals surface area contributed by atoms with E-state index in [0.717, 1.165) is 12.4 Å². The monoisotopic (exact) mass is 262 g/mol. The van der Waals surface area contributed by atoms with Gasteiger partial charge in [-0.15, -0.1) is 0 Å². The zero-order chi connectivity index (χ0) is 13.2. The van der Waals surface area contributed by atoms with E-state index < -0.39 is 21.4 Å². The Kier molecular flexibility index (Phi) is 2.75. The van der Waals surface area contributed by atoms with Crippen molar-refractivity contribution in [1.29, 1.82) is 0 Å². The molecule has 2 unspecified atom stereocenters. The summed E-state index contributed by atoms with van der Waals surface area (Å²) >= 11 is 0. The Labute approximate surface area is 97.1 Å². The van der Waals surface area contributed by atoms with Gasteiger partial charge in [-0.2, -0.15) is 10.9 Å². The lowest BCUT2D eigenvalue weighted by Gasteiger charge is -2.21. The maximum atomic E-state index is 10.8.